The van der Waals surface area contributed by atoms with Gasteiger partial charge in [0.25, 0.3) is 0 Å². The standard InChI is InChI=1S/C14H24N2O4/c1-2-3-8-15-13(19)10-6-4-5-7-11(10)14(20)16-9-12(17)18/h10-11H,2-9H2,1H3,(H,15,19)(H,16,20)(H,17,18). The van der Waals surface area contributed by atoms with Crippen molar-refractivity contribution in [1.82, 2.24) is 10.6 Å². The summed E-state index contributed by atoms with van der Waals surface area (Å²) in [5.41, 5.74) is 0. The Labute approximate surface area is 119 Å². The monoisotopic (exact) mass is 284 g/mol. The summed E-state index contributed by atoms with van der Waals surface area (Å²) in [5.74, 6) is -2.19. The van der Waals surface area contributed by atoms with Crippen LogP contribution in [0.3, 0.4) is 0 Å². The Kier molecular flexibility index (Phi) is 7.04. The van der Waals surface area contributed by atoms with E-state index in [4.69, 9.17) is 5.11 Å². The van der Waals surface area contributed by atoms with Crippen molar-refractivity contribution in [2.75, 3.05) is 13.1 Å². The van der Waals surface area contributed by atoms with Crippen molar-refractivity contribution < 1.29 is 19.5 Å². The van der Waals surface area contributed by atoms with Crippen LogP contribution in [0.5, 0.6) is 0 Å². The number of carbonyl (C=O) groups is 3. The van der Waals surface area contributed by atoms with Gasteiger partial charge in [-0.2, -0.15) is 0 Å². The molecule has 2 unspecified atom stereocenters. The number of amides is 2. The smallest absolute Gasteiger partial charge is 0.322 e. The number of carbonyl (C=O) groups excluding carboxylic acids is 2. The van der Waals surface area contributed by atoms with Crippen molar-refractivity contribution in [3.63, 3.8) is 0 Å². The molecule has 0 aromatic rings. The average Bonchev–Trinajstić information content (AvgIpc) is 2.44. The fraction of sp³-hybridized carbons (Fsp3) is 0.786. The maximum Gasteiger partial charge on any atom is 0.322 e. The van der Waals surface area contributed by atoms with E-state index < -0.39 is 11.9 Å². The van der Waals surface area contributed by atoms with E-state index in [0.29, 0.717) is 19.4 Å². The molecule has 0 spiro atoms. The summed E-state index contributed by atoms with van der Waals surface area (Å²) in [5, 5.41) is 13.8. The van der Waals surface area contributed by atoms with Crippen LogP contribution in [0.4, 0.5) is 0 Å². The molecule has 0 aromatic heterocycles. The molecule has 6 heteroatoms. The van der Waals surface area contributed by atoms with Gasteiger partial charge in [0.05, 0.1) is 0 Å². The molecule has 0 heterocycles. The molecule has 1 aliphatic carbocycles. The van der Waals surface area contributed by atoms with E-state index in [0.717, 1.165) is 25.7 Å². The summed E-state index contributed by atoms with van der Waals surface area (Å²) in [6, 6.07) is 0. The summed E-state index contributed by atoms with van der Waals surface area (Å²) >= 11 is 0. The van der Waals surface area contributed by atoms with Gasteiger partial charge in [0.15, 0.2) is 0 Å². The van der Waals surface area contributed by atoms with E-state index in [1.54, 1.807) is 0 Å². The Morgan fingerprint density at radius 2 is 1.60 bits per heavy atom. The first-order valence-electron chi connectivity index (χ1n) is 7.33. The molecule has 6 nitrogen and oxygen atoms in total. The van der Waals surface area contributed by atoms with Crippen molar-refractivity contribution in [3.05, 3.63) is 0 Å². The minimum Gasteiger partial charge on any atom is -0.480 e. The van der Waals surface area contributed by atoms with Crippen molar-refractivity contribution in [2.45, 2.75) is 45.4 Å². The first-order chi connectivity index (χ1) is 9.56. The number of carboxylic acid groups (broad SMARTS) is 1. The van der Waals surface area contributed by atoms with Crippen LogP contribution >= 0.6 is 0 Å². The zero-order valence-corrected chi connectivity index (χ0v) is 12.0. The number of hydrogen-bond donors (Lipinski definition) is 3. The quantitative estimate of drug-likeness (QED) is 0.605. The number of carboxylic acids is 1. The second-order valence-corrected chi connectivity index (χ2v) is 5.25. The highest BCUT2D eigenvalue weighted by Gasteiger charge is 2.35. The van der Waals surface area contributed by atoms with Gasteiger partial charge < -0.3 is 15.7 Å². The molecule has 0 saturated heterocycles. The third-order valence-corrected chi connectivity index (χ3v) is 3.68. The first kappa shape index (κ1) is 16.5. The fourth-order valence-corrected chi connectivity index (χ4v) is 2.57. The molecule has 2 atom stereocenters. The van der Waals surface area contributed by atoms with E-state index in [-0.39, 0.29) is 24.3 Å². The molecule has 0 bridgehead atoms. The largest absolute Gasteiger partial charge is 0.480 e. The number of nitrogens with one attached hydrogen (secondary N) is 2. The summed E-state index contributed by atoms with van der Waals surface area (Å²) in [4.78, 5) is 34.6. The molecule has 114 valence electrons. The SMILES string of the molecule is CCCCNC(=O)C1CCCCC1C(=O)NCC(=O)O. The molecule has 0 radical (unpaired) electrons. The molecule has 1 aliphatic rings. The van der Waals surface area contributed by atoms with Crippen LogP contribution in [0.15, 0.2) is 0 Å². The lowest BCUT2D eigenvalue weighted by molar-refractivity contribution is -0.140. The summed E-state index contributed by atoms with van der Waals surface area (Å²) in [7, 11) is 0. The zero-order valence-electron chi connectivity index (χ0n) is 12.0. The number of unbranched alkanes of at least 4 members (excludes halogenated alkanes) is 1. The Bertz CT molecular complexity index is 357. The fourth-order valence-electron chi connectivity index (χ4n) is 2.57. The summed E-state index contributed by atoms with van der Waals surface area (Å²) in [6.07, 6.45) is 5.13. The topological polar surface area (TPSA) is 95.5 Å². The highest BCUT2D eigenvalue weighted by atomic mass is 16.4. The average molecular weight is 284 g/mol. The van der Waals surface area contributed by atoms with E-state index in [9.17, 15) is 14.4 Å². The Balaban J connectivity index is 2.54. The minimum atomic E-state index is -1.07. The van der Waals surface area contributed by atoms with Gasteiger partial charge in [0, 0.05) is 18.4 Å². The van der Waals surface area contributed by atoms with Gasteiger partial charge in [-0.25, -0.2) is 0 Å². The van der Waals surface area contributed by atoms with Gasteiger partial charge in [-0.1, -0.05) is 26.2 Å². The van der Waals surface area contributed by atoms with Crippen molar-refractivity contribution in [2.24, 2.45) is 11.8 Å². The molecule has 0 aliphatic heterocycles. The second kappa shape index (κ2) is 8.55. The predicted octanol–water partition coefficient (Wildman–Crippen LogP) is 0.910. The highest BCUT2D eigenvalue weighted by Crippen LogP contribution is 2.30. The van der Waals surface area contributed by atoms with Gasteiger partial charge in [-0.15, -0.1) is 0 Å². The molecule has 1 rings (SSSR count). The summed E-state index contributed by atoms with van der Waals surface area (Å²) < 4.78 is 0. The van der Waals surface area contributed by atoms with Crippen LogP contribution in [0.25, 0.3) is 0 Å². The van der Waals surface area contributed by atoms with Crippen LogP contribution < -0.4 is 10.6 Å². The molecular weight excluding hydrogens is 260 g/mol. The van der Waals surface area contributed by atoms with Crippen molar-refractivity contribution >= 4 is 17.8 Å². The molecular formula is C14H24N2O4. The van der Waals surface area contributed by atoms with Gasteiger partial charge in [-0.05, 0) is 19.3 Å². The predicted molar refractivity (Wildman–Crippen MR) is 74.0 cm³/mol. The maximum atomic E-state index is 12.1. The molecule has 20 heavy (non-hydrogen) atoms. The van der Waals surface area contributed by atoms with E-state index in [1.807, 2.05) is 0 Å². The third kappa shape index (κ3) is 5.19. The Morgan fingerprint density at radius 1 is 1.05 bits per heavy atom. The lowest BCUT2D eigenvalue weighted by atomic mass is 9.78. The third-order valence-electron chi connectivity index (χ3n) is 3.68. The molecule has 1 fully saturated rings. The lowest BCUT2D eigenvalue weighted by Gasteiger charge is -2.29. The van der Waals surface area contributed by atoms with Crippen LogP contribution in [-0.2, 0) is 14.4 Å². The Morgan fingerprint density at radius 3 is 2.10 bits per heavy atom. The zero-order chi connectivity index (χ0) is 15.0. The van der Waals surface area contributed by atoms with Crippen LogP contribution in [0, 0.1) is 11.8 Å². The van der Waals surface area contributed by atoms with Crippen molar-refractivity contribution in [1.29, 1.82) is 0 Å². The molecule has 1 saturated carbocycles. The minimum absolute atomic E-state index is 0.0753. The van der Waals surface area contributed by atoms with Crippen molar-refractivity contribution in [3.8, 4) is 0 Å². The van der Waals surface area contributed by atoms with E-state index in [1.165, 1.54) is 0 Å². The highest BCUT2D eigenvalue weighted by molar-refractivity contribution is 5.89. The molecule has 3 N–H and O–H groups in total. The van der Waals surface area contributed by atoms with E-state index in [2.05, 4.69) is 17.6 Å². The Hall–Kier alpha value is -1.59. The van der Waals surface area contributed by atoms with Gasteiger partial charge in [-0.3, -0.25) is 14.4 Å². The number of aliphatic carboxylic acids is 1. The molecule has 0 aromatic carbocycles. The summed E-state index contributed by atoms with van der Waals surface area (Å²) in [6.45, 7) is 2.30. The molecule has 2 amide bonds. The second-order valence-electron chi connectivity index (χ2n) is 5.25. The number of hydrogen-bond acceptors (Lipinski definition) is 3. The van der Waals surface area contributed by atoms with Crippen LogP contribution in [0.2, 0.25) is 0 Å². The van der Waals surface area contributed by atoms with Gasteiger partial charge in [0.2, 0.25) is 11.8 Å². The van der Waals surface area contributed by atoms with Crippen LogP contribution in [-0.4, -0.2) is 36.0 Å². The maximum absolute atomic E-state index is 12.1. The number of rotatable bonds is 7. The normalized spacial score (nSPS) is 22.1. The first-order valence-corrected chi connectivity index (χ1v) is 7.33. The van der Waals surface area contributed by atoms with Gasteiger partial charge in [0.1, 0.15) is 6.54 Å². The van der Waals surface area contributed by atoms with Crippen LogP contribution in [0.1, 0.15) is 45.4 Å². The lowest BCUT2D eigenvalue weighted by Crippen LogP contribution is -2.44. The van der Waals surface area contributed by atoms with Gasteiger partial charge >= 0.3 is 5.97 Å². The van der Waals surface area contributed by atoms with E-state index >= 15 is 0 Å².